The van der Waals surface area contributed by atoms with E-state index in [0.717, 1.165) is 28.3 Å². The molecule has 0 aliphatic carbocycles. The molecule has 4 aromatic rings. The number of ether oxygens (including phenoxy) is 2. The van der Waals surface area contributed by atoms with Crippen LogP contribution in [0.1, 0.15) is 31.0 Å². The first-order valence-electron chi connectivity index (χ1n) is 11.5. The van der Waals surface area contributed by atoms with Crippen molar-refractivity contribution in [3.05, 3.63) is 72.2 Å². The van der Waals surface area contributed by atoms with Crippen LogP contribution in [0.4, 0.5) is 27.5 Å². The highest BCUT2D eigenvalue weighted by Crippen LogP contribution is 2.39. The normalized spacial score (nSPS) is 12.9. The predicted octanol–water partition coefficient (Wildman–Crippen LogP) is 5.52. The van der Waals surface area contributed by atoms with Gasteiger partial charge < -0.3 is 24.3 Å². The first-order valence-corrected chi connectivity index (χ1v) is 11.5. The number of rotatable bonds is 6. The minimum Gasteiger partial charge on any atom is -0.494 e. The first-order chi connectivity index (χ1) is 16.9. The minimum atomic E-state index is -0.251. The lowest BCUT2D eigenvalue weighted by molar-refractivity contribution is 0.310. The molecule has 1 N–H and O–H groups in total. The zero-order valence-electron chi connectivity index (χ0n) is 20.1. The van der Waals surface area contributed by atoms with Gasteiger partial charge in [-0.15, -0.1) is 0 Å². The number of nitrogens with one attached hydrogen (secondary N) is 1. The standard InChI is InChI=1S/C26H27FN6O2/c1-16(2)20-11-18(27)5-7-21(20)33-9-10-35-24-13-28-26(31-25(24)33)30-19-6-8-22(23(12-19)34-4)32-14-17(3)29-15-32/h5-8,11-16H,9-10H2,1-4H3,(H,28,30,31). The lowest BCUT2D eigenvalue weighted by atomic mass is 10.00. The highest BCUT2D eigenvalue weighted by atomic mass is 19.1. The van der Waals surface area contributed by atoms with Crippen molar-refractivity contribution in [1.29, 1.82) is 0 Å². The molecule has 2 aromatic heterocycles. The van der Waals surface area contributed by atoms with Gasteiger partial charge in [0.25, 0.3) is 0 Å². The number of aromatic nitrogens is 4. The molecule has 0 unspecified atom stereocenters. The van der Waals surface area contributed by atoms with Gasteiger partial charge in [-0.25, -0.2) is 14.4 Å². The maximum atomic E-state index is 14.0. The van der Waals surface area contributed by atoms with Crippen molar-refractivity contribution in [3.63, 3.8) is 0 Å². The van der Waals surface area contributed by atoms with E-state index in [1.165, 1.54) is 6.07 Å². The van der Waals surface area contributed by atoms with Crippen LogP contribution >= 0.6 is 0 Å². The highest BCUT2D eigenvalue weighted by molar-refractivity contribution is 5.71. The molecule has 1 aliphatic rings. The van der Waals surface area contributed by atoms with Gasteiger partial charge in [0, 0.05) is 23.6 Å². The van der Waals surface area contributed by atoms with Crippen LogP contribution < -0.4 is 19.7 Å². The SMILES string of the molecule is COc1cc(Nc2ncc3c(n2)N(c2ccc(F)cc2C(C)C)CCO3)ccc1-n1cnc(C)c1. The average Bonchev–Trinajstić information content (AvgIpc) is 3.29. The Labute approximate surface area is 203 Å². The van der Waals surface area contributed by atoms with Crippen LogP contribution in [0.2, 0.25) is 0 Å². The Morgan fingerprint density at radius 1 is 1.11 bits per heavy atom. The van der Waals surface area contributed by atoms with Gasteiger partial charge in [-0.2, -0.15) is 4.98 Å². The second-order valence-electron chi connectivity index (χ2n) is 8.67. The summed E-state index contributed by atoms with van der Waals surface area (Å²) in [6, 6.07) is 10.6. The van der Waals surface area contributed by atoms with Crippen LogP contribution in [0, 0.1) is 12.7 Å². The zero-order valence-corrected chi connectivity index (χ0v) is 20.1. The number of anilines is 4. The van der Waals surface area contributed by atoms with E-state index < -0.39 is 0 Å². The molecule has 35 heavy (non-hydrogen) atoms. The van der Waals surface area contributed by atoms with Crippen LogP contribution in [-0.2, 0) is 0 Å². The molecule has 0 spiro atoms. The maximum absolute atomic E-state index is 14.0. The van der Waals surface area contributed by atoms with Crippen molar-refractivity contribution in [1.82, 2.24) is 19.5 Å². The zero-order chi connectivity index (χ0) is 24.5. The molecule has 0 bridgehead atoms. The Bertz CT molecular complexity index is 1370. The molecule has 2 aromatic carbocycles. The second kappa shape index (κ2) is 9.25. The molecule has 0 amide bonds. The lowest BCUT2D eigenvalue weighted by Gasteiger charge is -2.32. The van der Waals surface area contributed by atoms with Gasteiger partial charge in [0.15, 0.2) is 11.6 Å². The fraction of sp³-hybridized carbons (Fsp3) is 0.269. The van der Waals surface area contributed by atoms with Crippen LogP contribution in [-0.4, -0.2) is 39.8 Å². The van der Waals surface area contributed by atoms with Gasteiger partial charge in [0.2, 0.25) is 5.95 Å². The highest BCUT2D eigenvalue weighted by Gasteiger charge is 2.25. The first kappa shape index (κ1) is 22.6. The number of imidazole rings is 1. The van der Waals surface area contributed by atoms with Gasteiger partial charge in [-0.1, -0.05) is 13.8 Å². The summed E-state index contributed by atoms with van der Waals surface area (Å²) < 4.78 is 27.3. The summed E-state index contributed by atoms with van der Waals surface area (Å²) >= 11 is 0. The Kier molecular flexibility index (Phi) is 5.98. The number of fused-ring (bicyclic) bond motifs is 1. The van der Waals surface area contributed by atoms with E-state index in [4.69, 9.17) is 14.5 Å². The predicted molar refractivity (Wildman–Crippen MR) is 133 cm³/mol. The van der Waals surface area contributed by atoms with Gasteiger partial charge in [-0.3, -0.25) is 0 Å². The van der Waals surface area contributed by atoms with Gasteiger partial charge in [-0.05, 0) is 48.7 Å². The van der Waals surface area contributed by atoms with Gasteiger partial charge >= 0.3 is 0 Å². The molecular formula is C26H27FN6O2. The van der Waals surface area contributed by atoms with Gasteiger partial charge in [0.05, 0.1) is 37.6 Å². The van der Waals surface area contributed by atoms with Crippen LogP contribution in [0.3, 0.4) is 0 Å². The summed E-state index contributed by atoms with van der Waals surface area (Å²) in [6.07, 6.45) is 5.35. The molecule has 5 rings (SSSR count). The smallest absolute Gasteiger partial charge is 0.229 e. The fourth-order valence-corrected chi connectivity index (χ4v) is 4.19. The van der Waals surface area contributed by atoms with Crippen LogP contribution in [0.25, 0.3) is 5.69 Å². The fourth-order valence-electron chi connectivity index (χ4n) is 4.19. The number of halogens is 1. The molecule has 180 valence electrons. The van der Waals surface area contributed by atoms with E-state index in [2.05, 4.69) is 34.0 Å². The van der Waals surface area contributed by atoms with Crippen LogP contribution in [0.15, 0.2) is 55.1 Å². The Hall–Kier alpha value is -4.14. The lowest BCUT2D eigenvalue weighted by Crippen LogP contribution is -2.30. The van der Waals surface area contributed by atoms with Crippen molar-refractivity contribution < 1.29 is 13.9 Å². The molecule has 0 radical (unpaired) electrons. The molecule has 0 saturated heterocycles. The van der Waals surface area contributed by atoms with Crippen molar-refractivity contribution >= 4 is 23.1 Å². The third kappa shape index (κ3) is 4.49. The topological polar surface area (TPSA) is 77.3 Å². The van der Waals surface area contributed by atoms with E-state index in [0.29, 0.717) is 36.4 Å². The minimum absolute atomic E-state index is 0.150. The second-order valence-corrected chi connectivity index (χ2v) is 8.67. The van der Waals surface area contributed by atoms with E-state index in [1.54, 1.807) is 31.8 Å². The van der Waals surface area contributed by atoms with E-state index in [-0.39, 0.29) is 11.7 Å². The van der Waals surface area contributed by atoms with Crippen molar-refractivity contribution in [2.75, 3.05) is 30.5 Å². The number of aryl methyl sites for hydroxylation is 1. The third-order valence-corrected chi connectivity index (χ3v) is 5.89. The molecule has 8 nitrogen and oxygen atoms in total. The quantitative estimate of drug-likeness (QED) is 0.394. The molecule has 1 aliphatic heterocycles. The van der Waals surface area contributed by atoms with E-state index in [9.17, 15) is 4.39 Å². The summed E-state index contributed by atoms with van der Waals surface area (Å²) in [5.74, 6) is 2.23. The Balaban J connectivity index is 1.47. The number of benzene rings is 2. The number of methoxy groups -OCH3 is 1. The number of nitrogens with zero attached hydrogens (tertiary/aromatic N) is 5. The molecule has 0 atom stereocenters. The molecule has 0 saturated carbocycles. The maximum Gasteiger partial charge on any atom is 0.229 e. The van der Waals surface area contributed by atoms with Gasteiger partial charge in [0.1, 0.15) is 18.2 Å². The Morgan fingerprint density at radius 2 is 1.94 bits per heavy atom. The molecular weight excluding hydrogens is 447 g/mol. The van der Waals surface area contributed by atoms with Crippen molar-refractivity contribution in [2.45, 2.75) is 26.7 Å². The summed E-state index contributed by atoms with van der Waals surface area (Å²) in [7, 11) is 1.63. The largest absolute Gasteiger partial charge is 0.494 e. The molecule has 3 heterocycles. The summed E-state index contributed by atoms with van der Waals surface area (Å²) in [5.41, 5.74) is 4.40. The summed E-state index contributed by atoms with van der Waals surface area (Å²) in [5, 5.41) is 3.26. The monoisotopic (exact) mass is 474 g/mol. The third-order valence-electron chi connectivity index (χ3n) is 5.89. The number of hydrogen-bond donors (Lipinski definition) is 1. The summed E-state index contributed by atoms with van der Waals surface area (Å²) in [4.78, 5) is 15.5. The number of hydrogen-bond acceptors (Lipinski definition) is 7. The summed E-state index contributed by atoms with van der Waals surface area (Å²) in [6.45, 7) is 7.13. The molecule has 0 fully saturated rings. The van der Waals surface area contributed by atoms with E-state index >= 15 is 0 Å². The van der Waals surface area contributed by atoms with Crippen molar-refractivity contribution in [3.8, 4) is 17.2 Å². The van der Waals surface area contributed by atoms with E-state index in [1.807, 2.05) is 35.9 Å². The average molecular weight is 475 g/mol. The van der Waals surface area contributed by atoms with Crippen molar-refractivity contribution in [2.24, 2.45) is 0 Å². The molecule has 9 heteroatoms. The van der Waals surface area contributed by atoms with Crippen LogP contribution in [0.5, 0.6) is 11.5 Å². The Morgan fingerprint density at radius 3 is 2.69 bits per heavy atom.